The molecule has 10 heteroatoms. The van der Waals surface area contributed by atoms with Gasteiger partial charge in [-0.2, -0.15) is 0 Å². The third kappa shape index (κ3) is 15.4. The molecular weight excluding hydrogens is 955 g/mol. The van der Waals surface area contributed by atoms with Gasteiger partial charge in [-0.25, -0.2) is 5.43 Å². The Hall–Kier alpha value is -5.52. The molecule has 2 aliphatic heterocycles. The van der Waals surface area contributed by atoms with E-state index in [1.807, 2.05) is 19.2 Å². The highest BCUT2D eigenvalue weighted by atomic mass is 16.5. The van der Waals surface area contributed by atoms with Crippen molar-refractivity contribution in [3.05, 3.63) is 137 Å². The smallest absolute Gasteiger partial charge is 0.259 e. The highest BCUT2D eigenvalue weighted by Gasteiger charge is 2.37. The number of unbranched alkanes of at least 4 members (excludes halogenated alkanes) is 3. The maximum atomic E-state index is 14.8. The summed E-state index contributed by atoms with van der Waals surface area (Å²) in [4.78, 5) is 48.8. The van der Waals surface area contributed by atoms with Crippen molar-refractivity contribution in [3.63, 3.8) is 0 Å². The summed E-state index contributed by atoms with van der Waals surface area (Å²) >= 11 is 0. The van der Waals surface area contributed by atoms with Crippen molar-refractivity contribution < 1.29 is 23.9 Å². The van der Waals surface area contributed by atoms with Crippen molar-refractivity contribution >= 4 is 28.9 Å². The number of carbonyl (C=O) groups is 3. The number of likely N-dealkylation sites (N-methyl/N-ethyl adjacent to an activating group) is 1. The fraction of sp³-hybridized carbons (Fsp3) is 0.522. The van der Waals surface area contributed by atoms with Gasteiger partial charge in [-0.05, 0) is 157 Å². The van der Waals surface area contributed by atoms with Gasteiger partial charge in [0.15, 0.2) is 0 Å². The normalized spacial score (nSPS) is 18.2. The molecule has 7 rings (SSSR count). The summed E-state index contributed by atoms with van der Waals surface area (Å²) in [6, 6.07) is 28.8. The minimum Gasteiger partial charge on any atom is -0.376 e. The van der Waals surface area contributed by atoms with E-state index in [1.165, 1.54) is 69.0 Å². The Kier molecular flexibility index (Phi) is 21.4. The molecular formula is C67H91N5O5. The standard InChI is InChI=1S/C67H91N5O5/c1-12-23-54-39-53-32-31-52(40-57(53)59(41-67(8,9)13-2)62(54)58-37-49(42-68-63(58)47(7)76-11)25-18-15-14-17-24-45(3)4)51-29-21-26-48(36-51)38-60(66(75)72-34-22-30-55(44-73)70-72)69-65(74)64(46(5)6)71(10)43-61-56(33-35-77-61)50-27-19-16-20-28-50/h16,19-21,26-29,31-32,36-37,39-40,42,44,46-47,55-56,60-61,64,70H,3,12-15,17-18,22-25,30,33-35,38,41,43H2,1-2,4-11H3,(H,69,74)/t47-,55-,56+,60-,61-,64-/m0/s1. The SMILES string of the molecule is C=C(C)CCCCCCc1cnc([C@H](C)OC)c(-c2c(CCC)cc3ccc(-c4cccc(C[C@H](NC(=O)[C@H](C(C)C)N(C)C[C@@H]5OCC[C@@H]5c5ccccc5)C(=O)N5CCC[C@@H](C=O)N5)c4)cc3c2CC(C)(C)CC)c1. The Balaban J connectivity index is 1.24. The lowest BCUT2D eigenvalue weighted by Gasteiger charge is -2.36. The summed E-state index contributed by atoms with van der Waals surface area (Å²) in [5.74, 6) is -0.278. The lowest BCUT2D eigenvalue weighted by Crippen LogP contribution is -2.61. The van der Waals surface area contributed by atoms with Crippen molar-refractivity contribution in [2.45, 2.75) is 182 Å². The second kappa shape index (κ2) is 27.9. The van der Waals surface area contributed by atoms with Crippen LogP contribution in [-0.2, 0) is 49.5 Å². The van der Waals surface area contributed by atoms with Crippen LogP contribution < -0.4 is 10.7 Å². The van der Waals surface area contributed by atoms with E-state index in [1.54, 1.807) is 12.1 Å². The van der Waals surface area contributed by atoms with Gasteiger partial charge in [-0.15, -0.1) is 6.58 Å². The number of fused-ring (bicyclic) bond motifs is 1. The molecule has 0 radical (unpaired) electrons. The summed E-state index contributed by atoms with van der Waals surface area (Å²) in [6.07, 6.45) is 15.9. The van der Waals surface area contributed by atoms with Crippen LogP contribution in [0.25, 0.3) is 33.0 Å². The number of ether oxygens (including phenoxy) is 2. The molecule has 0 aliphatic carbocycles. The Morgan fingerprint density at radius 3 is 2.43 bits per heavy atom. The van der Waals surface area contributed by atoms with Crippen LogP contribution in [0, 0.1) is 11.3 Å². The predicted octanol–water partition coefficient (Wildman–Crippen LogP) is 13.5. The van der Waals surface area contributed by atoms with Crippen LogP contribution in [-0.4, -0.2) is 91.1 Å². The molecule has 2 N–H and O–H groups in total. The van der Waals surface area contributed by atoms with Crippen LogP contribution in [0.2, 0.25) is 0 Å². The fourth-order valence-electron chi connectivity index (χ4n) is 11.9. The molecule has 1 aromatic heterocycles. The number of aryl methyl sites for hydroxylation is 2. The molecule has 2 saturated heterocycles. The number of aromatic nitrogens is 1. The van der Waals surface area contributed by atoms with E-state index in [0.29, 0.717) is 32.5 Å². The molecule has 2 aliphatic rings. The molecule has 0 unspecified atom stereocenters. The minimum absolute atomic E-state index is 0.0174. The third-order valence-electron chi connectivity index (χ3n) is 16.5. The largest absolute Gasteiger partial charge is 0.376 e. The zero-order chi connectivity index (χ0) is 55.2. The zero-order valence-electron chi connectivity index (χ0n) is 48.4. The fourth-order valence-corrected chi connectivity index (χ4v) is 11.9. The number of carbonyl (C=O) groups excluding carboxylic acids is 3. The highest BCUT2D eigenvalue weighted by Crippen LogP contribution is 2.43. The van der Waals surface area contributed by atoms with Gasteiger partial charge in [0.1, 0.15) is 12.3 Å². The molecule has 0 saturated carbocycles. The highest BCUT2D eigenvalue weighted by molar-refractivity contribution is 5.97. The number of aldehydes is 1. The van der Waals surface area contributed by atoms with Crippen molar-refractivity contribution in [2.75, 3.05) is 33.9 Å². The summed E-state index contributed by atoms with van der Waals surface area (Å²) in [5, 5.41) is 7.26. The van der Waals surface area contributed by atoms with Crippen LogP contribution in [0.15, 0.2) is 103 Å². The van der Waals surface area contributed by atoms with Crippen LogP contribution in [0.5, 0.6) is 0 Å². The quantitative estimate of drug-likeness (QED) is 0.0304. The average Bonchev–Trinajstić information content (AvgIpc) is 3.90. The Bertz CT molecular complexity index is 2770. The number of hydrogen-bond acceptors (Lipinski definition) is 8. The summed E-state index contributed by atoms with van der Waals surface area (Å²) < 4.78 is 12.4. The first-order chi connectivity index (χ1) is 37.0. The van der Waals surface area contributed by atoms with Crippen molar-refractivity contribution in [2.24, 2.45) is 11.3 Å². The maximum absolute atomic E-state index is 14.8. The monoisotopic (exact) mass is 1050 g/mol. The van der Waals surface area contributed by atoms with E-state index < -0.39 is 18.1 Å². The van der Waals surface area contributed by atoms with Crippen molar-refractivity contribution in [3.8, 4) is 22.3 Å². The lowest BCUT2D eigenvalue weighted by molar-refractivity contribution is -0.143. The number of pyridine rings is 1. The number of amides is 2. The number of nitrogens with zero attached hydrogens (tertiary/aromatic N) is 3. The van der Waals surface area contributed by atoms with Crippen LogP contribution in [0.3, 0.4) is 0 Å². The van der Waals surface area contributed by atoms with Gasteiger partial charge in [0.2, 0.25) is 5.91 Å². The third-order valence-corrected chi connectivity index (χ3v) is 16.5. The maximum Gasteiger partial charge on any atom is 0.259 e. The second-order valence-electron chi connectivity index (χ2n) is 23.6. The minimum atomic E-state index is -0.890. The van der Waals surface area contributed by atoms with Crippen LogP contribution in [0.1, 0.15) is 165 Å². The molecule has 2 fully saturated rings. The number of allylic oxidation sites excluding steroid dienone is 1. The van der Waals surface area contributed by atoms with Crippen molar-refractivity contribution in [1.29, 1.82) is 0 Å². The molecule has 0 spiro atoms. The zero-order valence-corrected chi connectivity index (χ0v) is 48.4. The van der Waals surface area contributed by atoms with Crippen molar-refractivity contribution in [1.82, 2.24) is 25.6 Å². The topological polar surface area (TPSA) is 113 Å². The van der Waals surface area contributed by atoms with Gasteiger partial charge >= 0.3 is 0 Å². The second-order valence-corrected chi connectivity index (χ2v) is 23.6. The van der Waals surface area contributed by atoms with E-state index in [0.717, 1.165) is 80.0 Å². The van der Waals surface area contributed by atoms with E-state index in [4.69, 9.17) is 14.5 Å². The molecule has 6 atom stereocenters. The number of benzene rings is 4. The number of hydrazine groups is 1. The van der Waals surface area contributed by atoms with Gasteiger partial charge in [0, 0.05) is 50.9 Å². The molecule has 10 nitrogen and oxygen atoms in total. The van der Waals surface area contributed by atoms with E-state index in [9.17, 15) is 14.4 Å². The first kappa shape index (κ1) is 59.1. The molecule has 3 heterocycles. The molecule has 414 valence electrons. The lowest BCUT2D eigenvalue weighted by atomic mass is 9.77. The summed E-state index contributed by atoms with van der Waals surface area (Å²) in [7, 11) is 3.77. The summed E-state index contributed by atoms with van der Waals surface area (Å²) in [5.41, 5.74) is 16.1. The van der Waals surface area contributed by atoms with E-state index in [-0.39, 0.29) is 47.7 Å². The molecule has 0 bridgehead atoms. The predicted molar refractivity (Wildman–Crippen MR) is 316 cm³/mol. The van der Waals surface area contributed by atoms with Gasteiger partial charge in [0.25, 0.3) is 5.91 Å². The Morgan fingerprint density at radius 1 is 0.948 bits per heavy atom. The van der Waals surface area contributed by atoms with Crippen LogP contribution >= 0.6 is 0 Å². The molecule has 4 aromatic carbocycles. The molecule has 2 amide bonds. The number of nitrogens with one attached hydrogen (secondary N) is 2. The Labute approximate surface area is 462 Å². The average molecular weight is 1050 g/mol. The number of hydrogen-bond donors (Lipinski definition) is 2. The van der Waals surface area contributed by atoms with Gasteiger partial charge in [-0.3, -0.25) is 24.5 Å². The van der Waals surface area contributed by atoms with E-state index in [2.05, 4.69) is 157 Å². The Morgan fingerprint density at radius 2 is 1.71 bits per heavy atom. The van der Waals surface area contributed by atoms with Gasteiger partial charge in [-0.1, -0.05) is 146 Å². The van der Waals surface area contributed by atoms with E-state index >= 15 is 0 Å². The first-order valence-electron chi connectivity index (χ1n) is 29.1. The number of rotatable bonds is 27. The molecule has 77 heavy (non-hydrogen) atoms. The summed E-state index contributed by atoms with van der Waals surface area (Å²) in [6.45, 7) is 23.5. The van der Waals surface area contributed by atoms with Crippen LogP contribution in [0.4, 0.5) is 0 Å². The molecule has 5 aromatic rings. The first-order valence-corrected chi connectivity index (χ1v) is 29.1. The van der Waals surface area contributed by atoms with Gasteiger partial charge in [0.05, 0.1) is 30.0 Å². The van der Waals surface area contributed by atoms with Gasteiger partial charge < -0.3 is 19.6 Å². The number of methoxy groups -OCH3 is 1.